The molecule has 1 aliphatic rings. The molecule has 1 aliphatic carbocycles. The standard InChI is InChI=1S/C14H24N2/c1-13-15-10-12-16(13)11-6-9-14-7-4-2-3-5-8-14/h10,12,14H,2-9,11H2,1H3. The average molecular weight is 220 g/mol. The van der Waals surface area contributed by atoms with Crippen LogP contribution in [0.2, 0.25) is 0 Å². The molecule has 1 aromatic heterocycles. The molecule has 1 aromatic rings. The van der Waals surface area contributed by atoms with Crippen LogP contribution in [0.4, 0.5) is 0 Å². The highest BCUT2D eigenvalue weighted by atomic mass is 15.0. The summed E-state index contributed by atoms with van der Waals surface area (Å²) in [6.45, 7) is 3.24. The molecular weight excluding hydrogens is 196 g/mol. The molecule has 90 valence electrons. The molecule has 0 radical (unpaired) electrons. The fraction of sp³-hybridized carbons (Fsp3) is 0.786. The van der Waals surface area contributed by atoms with Crippen molar-refractivity contribution >= 4 is 0 Å². The Morgan fingerprint density at radius 2 is 2.00 bits per heavy atom. The predicted molar refractivity (Wildman–Crippen MR) is 67.4 cm³/mol. The van der Waals surface area contributed by atoms with Crippen molar-refractivity contribution in [2.75, 3.05) is 0 Å². The third-order valence-electron chi connectivity index (χ3n) is 3.91. The second-order valence-electron chi connectivity index (χ2n) is 5.17. The Balaban J connectivity index is 1.69. The maximum atomic E-state index is 4.26. The lowest BCUT2D eigenvalue weighted by molar-refractivity contribution is 0.400. The summed E-state index contributed by atoms with van der Waals surface area (Å²) in [5.74, 6) is 2.16. The van der Waals surface area contributed by atoms with E-state index in [2.05, 4.69) is 22.7 Å². The SMILES string of the molecule is Cc1nccn1CCCC1CCCCCC1. The molecule has 0 aromatic carbocycles. The topological polar surface area (TPSA) is 17.8 Å². The van der Waals surface area contributed by atoms with Crippen molar-refractivity contribution in [2.45, 2.75) is 64.8 Å². The second-order valence-corrected chi connectivity index (χ2v) is 5.17. The minimum Gasteiger partial charge on any atom is -0.335 e. The van der Waals surface area contributed by atoms with Gasteiger partial charge in [-0.15, -0.1) is 0 Å². The van der Waals surface area contributed by atoms with E-state index in [1.807, 2.05) is 6.20 Å². The highest BCUT2D eigenvalue weighted by Gasteiger charge is 2.11. The monoisotopic (exact) mass is 220 g/mol. The summed E-state index contributed by atoms with van der Waals surface area (Å²) in [4.78, 5) is 4.26. The Labute approximate surface area is 99.1 Å². The molecule has 0 atom stereocenters. The van der Waals surface area contributed by atoms with Crippen molar-refractivity contribution in [3.63, 3.8) is 0 Å². The van der Waals surface area contributed by atoms with Crippen molar-refractivity contribution in [3.05, 3.63) is 18.2 Å². The minimum atomic E-state index is 1.01. The fourth-order valence-corrected chi connectivity index (χ4v) is 2.84. The highest BCUT2D eigenvalue weighted by Crippen LogP contribution is 2.26. The average Bonchev–Trinajstić information content (AvgIpc) is 2.55. The Morgan fingerprint density at radius 1 is 1.25 bits per heavy atom. The first-order chi connectivity index (χ1) is 7.86. The second kappa shape index (κ2) is 6.07. The van der Waals surface area contributed by atoms with Crippen LogP contribution in [0, 0.1) is 12.8 Å². The highest BCUT2D eigenvalue weighted by molar-refractivity contribution is 4.88. The van der Waals surface area contributed by atoms with Crippen LogP contribution in [0.5, 0.6) is 0 Å². The summed E-state index contributed by atoms with van der Waals surface area (Å²) in [5, 5.41) is 0. The van der Waals surface area contributed by atoms with Crippen molar-refractivity contribution < 1.29 is 0 Å². The first-order valence-electron chi connectivity index (χ1n) is 6.84. The van der Waals surface area contributed by atoms with Crippen molar-refractivity contribution in [1.29, 1.82) is 0 Å². The summed E-state index contributed by atoms with van der Waals surface area (Å²) in [6.07, 6.45) is 15.6. The molecule has 0 N–H and O–H groups in total. The molecule has 1 fully saturated rings. The maximum absolute atomic E-state index is 4.26. The van der Waals surface area contributed by atoms with Crippen LogP contribution in [0.3, 0.4) is 0 Å². The Bertz CT molecular complexity index is 295. The zero-order chi connectivity index (χ0) is 11.2. The molecule has 0 bridgehead atoms. The minimum absolute atomic E-state index is 1.01. The number of hydrogen-bond donors (Lipinski definition) is 0. The van der Waals surface area contributed by atoms with Crippen molar-refractivity contribution in [3.8, 4) is 0 Å². The van der Waals surface area contributed by atoms with Gasteiger partial charge in [0.15, 0.2) is 0 Å². The van der Waals surface area contributed by atoms with Gasteiger partial charge in [0, 0.05) is 18.9 Å². The van der Waals surface area contributed by atoms with Gasteiger partial charge in [0.25, 0.3) is 0 Å². The van der Waals surface area contributed by atoms with E-state index in [4.69, 9.17) is 0 Å². The van der Waals surface area contributed by atoms with Crippen LogP contribution in [0.15, 0.2) is 12.4 Å². The summed E-state index contributed by atoms with van der Waals surface area (Å²) in [7, 11) is 0. The third-order valence-corrected chi connectivity index (χ3v) is 3.91. The van der Waals surface area contributed by atoms with Crippen LogP contribution >= 0.6 is 0 Å². The van der Waals surface area contributed by atoms with Crippen LogP contribution < -0.4 is 0 Å². The molecule has 16 heavy (non-hydrogen) atoms. The zero-order valence-corrected chi connectivity index (χ0v) is 10.5. The summed E-state index contributed by atoms with van der Waals surface area (Å²) in [5.41, 5.74) is 0. The first-order valence-corrected chi connectivity index (χ1v) is 6.84. The molecule has 0 unspecified atom stereocenters. The van der Waals surface area contributed by atoms with Gasteiger partial charge < -0.3 is 4.57 Å². The molecule has 2 heteroatoms. The van der Waals surface area contributed by atoms with Crippen LogP contribution in [-0.2, 0) is 6.54 Å². The smallest absolute Gasteiger partial charge is 0.105 e. The lowest BCUT2D eigenvalue weighted by atomic mass is 9.95. The van der Waals surface area contributed by atoms with Gasteiger partial charge in [0.05, 0.1) is 0 Å². The predicted octanol–water partition coefficient (Wildman–Crippen LogP) is 3.94. The van der Waals surface area contributed by atoms with Gasteiger partial charge in [-0.2, -0.15) is 0 Å². The van der Waals surface area contributed by atoms with E-state index >= 15 is 0 Å². The summed E-state index contributed by atoms with van der Waals surface area (Å²) < 4.78 is 2.27. The molecule has 0 spiro atoms. The Morgan fingerprint density at radius 3 is 2.62 bits per heavy atom. The van der Waals surface area contributed by atoms with E-state index in [1.165, 1.54) is 51.4 Å². The molecule has 1 saturated carbocycles. The number of aryl methyl sites for hydroxylation is 2. The van der Waals surface area contributed by atoms with E-state index < -0.39 is 0 Å². The fourth-order valence-electron chi connectivity index (χ4n) is 2.84. The van der Waals surface area contributed by atoms with E-state index in [-0.39, 0.29) is 0 Å². The van der Waals surface area contributed by atoms with Gasteiger partial charge >= 0.3 is 0 Å². The molecule has 0 saturated heterocycles. The largest absolute Gasteiger partial charge is 0.335 e. The van der Waals surface area contributed by atoms with Gasteiger partial charge in [-0.1, -0.05) is 38.5 Å². The molecule has 0 amide bonds. The zero-order valence-electron chi connectivity index (χ0n) is 10.5. The number of nitrogens with zero attached hydrogens (tertiary/aromatic N) is 2. The van der Waals surface area contributed by atoms with Gasteiger partial charge in [0.1, 0.15) is 5.82 Å². The normalized spacial score (nSPS) is 18.6. The van der Waals surface area contributed by atoms with Gasteiger partial charge in [-0.05, 0) is 25.7 Å². The van der Waals surface area contributed by atoms with Crippen molar-refractivity contribution in [1.82, 2.24) is 9.55 Å². The van der Waals surface area contributed by atoms with E-state index in [9.17, 15) is 0 Å². The van der Waals surface area contributed by atoms with Gasteiger partial charge in [-0.25, -0.2) is 4.98 Å². The number of aromatic nitrogens is 2. The molecule has 2 nitrogen and oxygen atoms in total. The molecule has 1 heterocycles. The van der Waals surface area contributed by atoms with Gasteiger partial charge in [-0.3, -0.25) is 0 Å². The third kappa shape index (κ3) is 3.36. The number of hydrogen-bond acceptors (Lipinski definition) is 1. The quantitative estimate of drug-likeness (QED) is 0.703. The van der Waals surface area contributed by atoms with Crippen LogP contribution in [-0.4, -0.2) is 9.55 Å². The van der Waals surface area contributed by atoms with E-state index in [0.717, 1.165) is 18.3 Å². The summed E-state index contributed by atoms with van der Waals surface area (Å²) >= 11 is 0. The Kier molecular flexibility index (Phi) is 4.44. The van der Waals surface area contributed by atoms with Crippen LogP contribution in [0.1, 0.15) is 57.2 Å². The lowest BCUT2D eigenvalue weighted by Gasteiger charge is -2.14. The number of imidazole rings is 1. The van der Waals surface area contributed by atoms with Gasteiger partial charge in [0.2, 0.25) is 0 Å². The maximum Gasteiger partial charge on any atom is 0.105 e. The van der Waals surface area contributed by atoms with E-state index in [0.29, 0.717) is 0 Å². The van der Waals surface area contributed by atoms with Crippen LogP contribution in [0.25, 0.3) is 0 Å². The molecule has 0 aliphatic heterocycles. The summed E-state index contributed by atoms with van der Waals surface area (Å²) in [6, 6.07) is 0. The Hall–Kier alpha value is -0.790. The van der Waals surface area contributed by atoms with E-state index in [1.54, 1.807) is 0 Å². The molecular formula is C14H24N2. The molecule has 2 rings (SSSR count). The first kappa shape index (κ1) is 11.7. The van der Waals surface area contributed by atoms with Crippen molar-refractivity contribution in [2.24, 2.45) is 5.92 Å². The number of rotatable bonds is 4. The lowest BCUT2D eigenvalue weighted by Crippen LogP contribution is -2.04.